The first-order valence-electron chi connectivity index (χ1n) is 4.82. The predicted molar refractivity (Wildman–Crippen MR) is 55.8 cm³/mol. The lowest BCUT2D eigenvalue weighted by atomic mass is 10.3. The maximum absolute atomic E-state index is 11.3. The number of aryl methyl sites for hydroxylation is 1. The molecular formula is C9H14N2O3S. The summed E-state index contributed by atoms with van der Waals surface area (Å²) < 4.78 is 29.5. The number of aromatic nitrogens is 2. The fraction of sp³-hybridized carbons (Fsp3) is 0.667. The minimum Gasteiger partial charge on any atom is -0.481 e. The molecule has 1 aliphatic heterocycles. The second kappa shape index (κ2) is 3.52. The molecular weight excluding hydrogens is 216 g/mol. The second-order valence-corrected chi connectivity index (χ2v) is 6.06. The second-order valence-electron chi connectivity index (χ2n) is 3.83. The van der Waals surface area contributed by atoms with E-state index in [0.29, 0.717) is 12.3 Å². The quantitative estimate of drug-likeness (QED) is 0.744. The zero-order valence-corrected chi connectivity index (χ0v) is 9.62. The van der Waals surface area contributed by atoms with Gasteiger partial charge < -0.3 is 4.74 Å². The fourth-order valence-electron chi connectivity index (χ4n) is 1.88. The Morgan fingerprint density at radius 2 is 2.33 bits per heavy atom. The summed E-state index contributed by atoms with van der Waals surface area (Å²) in [5.41, 5.74) is 0.844. The summed E-state index contributed by atoms with van der Waals surface area (Å²) >= 11 is 0. The van der Waals surface area contributed by atoms with Gasteiger partial charge in [-0.3, -0.25) is 0 Å². The van der Waals surface area contributed by atoms with E-state index in [4.69, 9.17) is 4.74 Å². The average Bonchev–Trinajstić information content (AvgIpc) is 2.68. The minimum absolute atomic E-state index is 0.0707. The van der Waals surface area contributed by atoms with Crippen molar-refractivity contribution in [2.75, 3.05) is 18.6 Å². The summed E-state index contributed by atoms with van der Waals surface area (Å²) in [6.07, 6.45) is 0.625. The van der Waals surface area contributed by atoms with Crippen molar-refractivity contribution in [3.63, 3.8) is 0 Å². The van der Waals surface area contributed by atoms with Gasteiger partial charge in [-0.25, -0.2) is 13.1 Å². The normalized spacial score (nSPS) is 24.3. The lowest BCUT2D eigenvalue weighted by molar-refractivity contribution is 0.339. The van der Waals surface area contributed by atoms with Crippen LogP contribution in [0.5, 0.6) is 5.88 Å². The van der Waals surface area contributed by atoms with Crippen molar-refractivity contribution in [1.82, 2.24) is 9.78 Å². The number of nitrogens with zero attached hydrogens (tertiary/aromatic N) is 2. The molecule has 0 N–H and O–H groups in total. The van der Waals surface area contributed by atoms with Crippen LogP contribution in [0.1, 0.15) is 18.2 Å². The summed E-state index contributed by atoms with van der Waals surface area (Å²) in [6.45, 7) is 1.86. The number of rotatable bonds is 2. The van der Waals surface area contributed by atoms with Gasteiger partial charge >= 0.3 is 0 Å². The molecule has 0 unspecified atom stereocenters. The molecule has 1 fully saturated rings. The molecule has 6 heteroatoms. The molecule has 1 atom stereocenters. The molecule has 0 radical (unpaired) electrons. The molecule has 0 bridgehead atoms. The molecule has 1 aromatic heterocycles. The van der Waals surface area contributed by atoms with E-state index in [1.54, 1.807) is 11.8 Å². The van der Waals surface area contributed by atoms with Gasteiger partial charge in [0.2, 0.25) is 5.88 Å². The zero-order valence-electron chi connectivity index (χ0n) is 8.80. The van der Waals surface area contributed by atoms with Gasteiger partial charge in [0.15, 0.2) is 9.84 Å². The van der Waals surface area contributed by atoms with Crippen molar-refractivity contribution in [3.8, 4) is 5.88 Å². The molecule has 15 heavy (non-hydrogen) atoms. The maximum Gasteiger partial charge on any atom is 0.211 e. The third-order valence-electron chi connectivity index (χ3n) is 2.59. The van der Waals surface area contributed by atoms with Gasteiger partial charge in [0.1, 0.15) is 0 Å². The van der Waals surface area contributed by atoms with Crippen LogP contribution >= 0.6 is 0 Å². The molecule has 0 aliphatic carbocycles. The summed E-state index contributed by atoms with van der Waals surface area (Å²) in [4.78, 5) is 0. The maximum atomic E-state index is 11.3. The molecule has 0 aromatic carbocycles. The van der Waals surface area contributed by atoms with Crippen molar-refractivity contribution in [3.05, 3.63) is 11.8 Å². The Balaban J connectivity index is 2.30. The molecule has 5 nitrogen and oxygen atoms in total. The van der Waals surface area contributed by atoms with Crippen LogP contribution in [0.2, 0.25) is 0 Å². The summed E-state index contributed by atoms with van der Waals surface area (Å²) in [7, 11) is -1.31. The number of methoxy groups -OCH3 is 1. The van der Waals surface area contributed by atoms with E-state index in [0.717, 1.165) is 5.69 Å². The van der Waals surface area contributed by atoms with Crippen molar-refractivity contribution in [2.24, 2.45) is 0 Å². The Kier molecular flexibility index (Phi) is 2.46. The van der Waals surface area contributed by atoms with Gasteiger partial charge in [-0.1, -0.05) is 0 Å². The van der Waals surface area contributed by atoms with E-state index in [9.17, 15) is 8.42 Å². The first kappa shape index (κ1) is 10.5. The number of hydrogen-bond acceptors (Lipinski definition) is 4. The van der Waals surface area contributed by atoms with Gasteiger partial charge in [-0.15, -0.1) is 0 Å². The highest BCUT2D eigenvalue weighted by Crippen LogP contribution is 2.27. The van der Waals surface area contributed by atoms with Crippen LogP contribution < -0.4 is 4.74 Å². The first-order chi connectivity index (χ1) is 7.02. The largest absolute Gasteiger partial charge is 0.481 e. The summed E-state index contributed by atoms with van der Waals surface area (Å²) in [5, 5.41) is 4.26. The van der Waals surface area contributed by atoms with Gasteiger partial charge in [-0.2, -0.15) is 5.10 Å². The van der Waals surface area contributed by atoms with Crippen LogP contribution in [0.15, 0.2) is 6.07 Å². The Bertz CT molecular complexity index is 464. The molecule has 0 amide bonds. The highest BCUT2D eigenvalue weighted by atomic mass is 32.2. The zero-order chi connectivity index (χ0) is 11.1. The average molecular weight is 230 g/mol. The molecule has 1 aromatic rings. The topological polar surface area (TPSA) is 61.2 Å². The van der Waals surface area contributed by atoms with Crippen LogP contribution in [0.3, 0.4) is 0 Å². The lowest BCUT2D eigenvalue weighted by Crippen LogP contribution is -2.13. The molecule has 2 heterocycles. The molecule has 84 valence electrons. The Morgan fingerprint density at radius 3 is 2.87 bits per heavy atom. The Hall–Kier alpha value is -1.04. The summed E-state index contributed by atoms with van der Waals surface area (Å²) in [5.74, 6) is 1.05. The monoisotopic (exact) mass is 230 g/mol. The molecule has 1 aliphatic rings. The lowest BCUT2D eigenvalue weighted by Gasteiger charge is -2.11. The summed E-state index contributed by atoms with van der Waals surface area (Å²) in [6, 6.07) is 1.74. The van der Waals surface area contributed by atoms with E-state index in [-0.39, 0.29) is 17.5 Å². The molecule has 0 spiro atoms. The van der Waals surface area contributed by atoms with E-state index in [1.165, 1.54) is 0 Å². The minimum atomic E-state index is -2.88. The van der Waals surface area contributed by atoms with Crippen LogP contribution in [0.25, 0.3) is 0 Å². The molecule has 2 rings (SSSR count). The Morgan fingerprint density at radius 1 is 1.60 bits per heavy atom. The van der Waals surface area contributed by atoms with Gasteiger partial charge in [0.25, 0.3) is 0 Å². The van der Waals surface area contributed by atoms with Crippen molar-refractivity contribution >= 4 is 9.84 Å². The fourth-order valence-corrected chi connectivity index (χ4v) is 3.57. The van der Waals surface area contributed by atoms with E-state index >= 15 is 0 Å². The van der Waals surface area contributed by atoms with Crippen molar-refractivity contribution < 1.29 is 13.2 Å². The number of hydrogen-bond donors (Lipinski definition) is 0. The Labute approximate surface area is 89.0 Å². The van der Waals surface area contributed by atoms with E-state index < -0.39 is 9.84 Å². The van der Waals surface area contributed by atoms with Crippen LogP contribution in [-0.2, 0) is 9.84 Å². The number of sulfone groups is 1. The van der Waals surface area contributed by atoms with Gasteiger partial charge in [-0.05, 0) is 13.3 Å². The van der Waals surface area contributed by atoms with Gasteiger partial charge in [0, 0.05) is 6.07 Å². The number of ether oxygens (including phenoxy) is 1. The van der Waals surface area contributed by atoms with Crippen molar-refractivity contribution in [1.29, 1.82) is 0 Å². The first-order valence-corrected chi connectivity index (χ1v) is 6.64. The van der Waals surface area contributed by atoms with Crippen molar-refractivity contribution in [2.45, 2.75) is 19.4 Å². The highest BCUT2D eigenvalue weighted by Gasteiger charge is 2.31. The predicted octanol–water partition coefficient (Wildman–Crippen LogP) is 0.560. The third-order valence-corrected chi connectivity index (χ3v) is 4.34. The molecule has 0 saturated carbocycles. The van der Waals surface area contributed by atoms with Gasteiger partial charge in [0.05, 0.1) is 30.4 Å². The smallest absolute Gasteiger partial charge is 0.211 e. The highest BCUT2D eigenvalue weighted by molar-refractivity contribution is 7.91. The van der Waals surface area contributed by atoms with E-state index in [1.807, 2.05) is 13.0 Å². The van der Waals surface area contributed by atoms with E-state index in [2.05, 4.69) is 5.10 Å². The van der Waals surface area contributed by atoms with Crippen LogP contribution in [0, 0.1) is 6.92 Å². The SMILES string of the molecule is COc1cc(C)nn1[C@@H]1CCS(=O)(=O)C1. The van der Waals surface area contributed by atoms with Crippen LogP contribution in [-0.4, -0.2) is 36.8 Å². The third kappa shape index (κ3) is 1.99. The van der Waals surface area contributed by atoms with Crippen LogP contribution in [0.4, 0.5) is 0 Å². The standard InChI is InChI=1S/C9H14N2O3S/c1-7-5-9(14-2)11(10-7)8-3-4-15(12,13)6-8/h5,8H,3-4,6H2,1-2H3/t8-/m1/s1. The molecule has 1 saturated heterocycles.